The quantitative estimate of drug-likeness (QED) is 0.0353. The highest BCUT2D eigenvalue weighted by atomic mass is 35.5. The van der Waals surface area contributed by atoms with Crippen molar-refractivity contribution in [3.63, 3.8) is 0 Å². The topological polar surface area (TPSA) is 296 Å². The minimum atomic E-state index is -3.81. The van der Waals surface area contributed by atoms with Gasteiger partial charge in [0, 0.05) is 126 Å². The minimum Gasteiger partial charge on any atom is -0.484 e. The summed E-state index contributed by atoms with van der Waals surface area (Å²) in [5, 5.41) is 38.9. The molecule has 8 N–H and O–H groups in total. The van der Waals surface area contributed by atoms with Crippen LogP contribution in [0.1, 0.15) is 85.1 Å². The van der Waals surface area contributed by atoms with Gasteiger partial charge in [0.15, 0.2) is 0 Å². The van der Waals surface area contributed by atoms with E-state index in [4.69, 9.17) is 42.1 Å². The van der Waals surface area contributed by atoms with Crippen molar-refractivity contribution in [2.24, 2.45) is 0 Å². The maximum Gasteiger partial charge on any atom is 0.314 e. The summed E-state index contributed by atoms with van der Waals surface area (Å²) in [5.41, 5.74) is 4.75. The zero-order valence-electron chi connectivity index (χ0n) is 52.3. The van der Waals surface area contributed by atoms with Gasteiger partial charge < -0.3 is 50.8 Å². The van der Waals surface area contributed by atoms with Gasteiger partial charge in [-0.2, -0.15) is 10.5 Å². The first kappa shape index (κ1) is 68.9. The van der Waals surface area contributed by atoms with Crippen molar-refractivity contribution >= 4 is 55.3 Å². The van der Waals surface area contributed by atoms with E-state index >= 15 is 0 Å². The highest BCUT2D eigenvalue weighted by Gasteiger charge is 2.43. The van der Waals surface area contributed by atoms with Crippen LogP contribution in [-0.4, -0.2) is 216 Å². The summed E-state index contributed by atoms with van der Waals surface area (Å²) in [6, 6.07) is 24.2. The molecule has 4 heterocycles. The molecular weight excluding hydrogens is 1260 g/mol. The summed E-state index contributed by atoms with van der Waals surface area (Å²) in [6.07, 6.45) is 3.18. The second kappa shape index (κ2) is 32.5. The first-order valence-electron chi connectivity index (χ1n) is 32.0. The lowest BCUT2D eigenvalue weighted by Gasteiger charge is -2.38. The Hall–Kier alpha value is -5.92. The first-order chi connectivity index (χ1) is 44.4. The fraction of sp³-hybridized carbons (Fsp3) is 0.562. The lowest BCUT2D eigenvalue weighted by Crippen LogP contribution is -2.54. The van der Waals surface area contributed by atoms with Crippen LogP contribution in [0.2, 0.25) is 10.0 Å². The van der Waals surface area contributed by atoms with Crippen LogP contribution in [0.5, 0.6) is 11.5 Å². The minimum absolute atomic E-state index is 0.0108. The molecule has 0 aromatic heterocycles. The van der Waals surface area contributed by atoms with Gasteiger partial charge in [0.2, 0.25) is 20.0 Å². The number of nitrogens with zero attached hydrogens (tertiary/aromatic N) is 6. The molecule has 4 aromatic carbocycles. The highest BCUT2D eigenvalue weighted by molar-refractivity contribution is 7.89. The largest absolute Gasteiger partial charge is 0.484 e. The summed E-state index contributed by atoms with van der Waals surface area (Å²) in [5.74, 6) is 1.05. The number of urea groups is 2. The second-order valence-electron chi connectivity index (χ2n) is 24.6. The van der Waals surface area contributed by atoms with Crippen molar-refractivity contribution in [2.45, 2.75) is 111 Å². The fourth-order valence-corrected chi connectivity index (χ4v) is 16.3. The average Bonchev–Trinajstić information content (AvgIpc) is 1.64. The van der Waals surface area contributed by atoms with Crippen molar-refractivity contribution in [1.82, 2.24) is 60.9 Å². The zero-order chi connectivity index (χ0) is 64.8. The van der Waals surface area contributed by atoms with Gasteiger partial charge in [-0.25, -0.2) is 35.9 Å². The molecule has 0 spiro atoms. The summed E-state index contributed by atoms with van der Waals surface area (Å²) >= 11 is 12.9. The molecule has 0 unspecified atom stereocenters. The van der Waals surface area contributed by atoms with Gasteiger partial charge in [-0.3, -0.25) is 19.6 Å². The van der Waals surface area contributed by atoms with Gasteiger partial charge in [-0.05, 0) is 161 Å². The molecule has 0 saturated carbocycles. The molecule has 2 aliphatic carbocycles. The lowest BCUT2D eigenvalue weighted by molar-refractivity contribution is 0.0594. The number of unbranched alkanes of at least 4 members (excludes halogenated alkanes) is 1. The van der Waals surface area contributed by atoms with Crippen LogP contribution in [0.4, 0.5) is 9.59 Å². The van der Waals surface area contributed by atoms with E-state index in [0.717, 1.165) is 61.5 Å². The number of nitrogens with one attached hydrogen (secondary N) is 8. The van der Waals surface area contributed by atoms with Gasteiger partial charge in [0.25, 0.3) is 0 Å². The lowest BCUT2D eigenvalue weighted by atomic mass is 10.0. The van der Waals surface area contributed by atoms with Crippen LogP contribution < -0.4 is 50.8 Å². The zero-order valence-corrected chi connectivity index (χ0v) is 55.4. The van der Waals surface area contributed by atoms with Crippen LogP contribution >= 0.6 is 23.2 Å². The summed E-state index contributed by atoms with van der Waals surface area (Å²) in [6.45, 7) is 16.1. The number of rotatable bonds is 29. The molecule has 8 atom stereocenters. The Labute approximate surface area is 550 Å². The van der Waals surface area contributed by atoms with E-state index in [9.17, 15) is 36.9 Å². The average molecular weight is 1350 g/mol. The number of carbonyl (C=O) groups excluding carboxylic acids is 2. The fourth-order valence-electron chi connectivity index (χ4n) is 13.3. The Balaban J connectivity index is 0.525. The number of carbonyl (C=O) groups is 2. The number of piperazine rings is 2. The molecule has 92 heavy (non-hydrogen) atoms. The first-order valence-corrected chi connectivity index (χ1v) is 35.8. The van der Waals surface area contributed by atoms with Crippen LogP contribution in [0, 0.1) is 22.7 Å². The van der Waals surface area contributed by atoms with E-state index in [1.807, 2.05) is 12.1 Å². The van der Waals surface area contributed by atoms with Crippen LogP contribution in [-0.2, 0) is 42.4 Å². The number of hydrogen-bond donors (Lipinski definition) is 8. The van der Waals surface area contributed by atoms with E-state index in [0.29, 0.717) is 175 Å². The predicted molar refractivity (Wildman–Crippen MR) is 349 cm³/mol. The van der Waals surface area contributed by atoms with E-state index in [1.54, 1.807) is 60.7 Å². The third-order valence-electron chi connectivity index (χ3n) is 17.9. The molecule has 498 valence electrons. The van der Waals surface area contributed by atoms with Crippen LogP contribution in [0.15, 0.2) is 82.6 Å². The predicted octanol–water partition coefficient (Wildman–Crippen LogP) is 4.23. The van der Waals surface area contributed by atoms with Crippen LogP contribution in [0.25, 0.3) is 0 Å². The summed E-state index contributed by atoms with van der Waals surface area (Å²) in [7, 11) is -7.62. The van der Waals surface area contributed by atoms with Crippen molar-refractivity contribution < 1.29 is 45.4 Å². The standard InChI is InChI=1S/C64H86Cl2N14O10S2/c1-43-39-79(23-17-69-43)59-35-55-45(37-67)31-47(65)33-57(55)61(59)89-51-5-9-53(10-6-51)91(83,84)75-49-13-21-77(41-49)25-29-87-27-19-73-63(81)71-15-3-4-16-72-64(82)74-20-28-88-30-26-78-22-14-50(42-78)76-92(85,86)54-11-7-52(8-12-54)90-62-58-34-48(66)32-46(38-68)56(58)36-60(62)80-24-18-70-44(2)40-80/h5-12,31-34,43-44,49-50,59-62,69-70,75-76H,3-4,13-30,35-36,39-42H2,1-2H3,(H2,71,73,81)(H2,72,74,82)/t43-,44-,49+,50+,59+,60+,61+,62+/m1/s1. The van der Waals surface area contributed by atoms with Gasteiger partial charge >= 0.3 is 12.1 Å². The van der Waals surface area contributed by atoms with Crippen molar-refractivity contribution in [3.8, 4) is 23.6 Å². The maximum absolute atomic E-state index is 13.5. The summed E-state index contributed by atoms with van der Waals surface area (Å²) < 4.78 is 84.5. The molecule has 4 aliphatic heterocycles. The molecule has 4 saturated heterocycles. The number of likely N-dealkylation sites (tertiary alicyclic amines) is 2. The number of benzene rings is 4. The number of hydrogen-bond acceptors (Lipinski definition) is 18. The van der Waals surface area contributed by atoms with Crippen LogP contribution in [0.3, 0.4) is 0 Å². The van der Waals surface area contributed by atoms with Gasteiger partial charge in [0.1, 0.15) is 23.7 Å². The normalized spacial score (nSPS) is 23.7. The SMILES string of the molecule is C[C@@H]1CN([C@H]2Cc3c(C#N)cc(Cl)cc3[C@@H]2Oc2ccc(S(=O)(=O)N[C@H]3CCN(CCOCCNC(=O)NCCCCNC(=O)NCCOCCN4CC[C@H](NS(=O)(=O)c5ccc(O[C@H]6c7cc(Cl)cc(C#N)c7C[C@@H]6N6CCN[C@H](C)C6)cc5)C4)C3)cc2)CCN1. The van der Waals surface area contributed by atoms with Crippen molar-refractivity contribution in [3.05, 3.63) is 116 Å². The number of nitriles is 2. The number of sulfonamides is 2. The summed E-state index contributed by atoms with van der Waals surface area (Å²) in [4.78, 5) is 34.0. The number of halogens is 2. The smallest absolute Gasteiger partial charge is 0.314 e. The molecule has 10 rings (SSSR count). The molecular formula is C64H86Cl2N14O10S2. The number of amides is 4. The molecule has 6 aliphatic rings. The van der Waals surface area contributed by atoms with Crippen molar-refractivity contribution in [1.29, 1.82) is 10.5 Å². The molecule has 24 nitrogen and oxygen atoms in total. The van der Waals surface area contributed by atoms with Gasteiger partial charge in [-0.15, -0.1) is 0 Å². The van der Waals surface area contributed by atoms with E-state index < -0.39 is 20.0 Å². The maximum atomic E-state index is 13.5. The van der Waals surface area contributed by atoms with Gasteiger partial charge in [-0.1, -0.05) is 23.2 Å². The molecule has 0 bridgehead atoms. The highest BCUT2D eigenvalue weighted by Crippen LogP contribution is 2.43. The third-order valence-corrected chi connectivity index (χ3v) is 21.5. The van der Waals surface area contributed by atoms with Crippen molar-refractivity contribution in [2.75, 3.05) is 131 Å². The molecule has 28 heteroatoms. The molecule has 4 aromatic rings. The Morgan fingerprint density at radius 3 is 1.36 bits per heavy atom. The van der Waals surface area contributed by atoms with Gasteiger partial charge in [0.05, 0.1) is 71.6 Å². The Morgan fingerprint density at radius 1 is 0.565 bits per heavy atom. The monoisotopic (exact) mass is 1340 g/mol. The Morgan fingerprint density at radius 2 is 0.967 bits per heavy atom. The van der Waals surface area contributed by atoms with E-state index in [2.05, 4.69) is 86.9 Å². The third kappa shape index (κ3) is 18.5. The molecule has 4 amide bonds. The number of fused-ring (bicyclic) bond motifs is 2. The number of ether oxygens (including phenoxy) is 4. The van der Waals surface area contributed by atoms with E-state index in [1.165, 1.54) is 0 Å². The van der Waals surface area contributed by atoms with E-state index in [-0.39, 0.29) is 58.2 Å². The molecule has 0 radical (unpaired) electrons. The Bertz CT molecular complexity index is 3270. The second-order valence-corrected chi connectivity index (χ2v) is 28.9. The molecule has 4 fully saturated rings. The Kier molecular flexibility index (Phi) is 24.3.